The molecule has 0 atom stereocenters. The van der Waals surface area contributed by atoms with Gasteiger partial charge in [0, 0.05) is 12.8 Å². The number of nitrogens with zero attached hydrogens (tertiary/aromatic N) is 2. The monoisotopic (exact) mass is 224 g/mol. The average Bonchev–Trinajstić information content (AvgIpc) is 2.27. The first-order valence-electron chi connectivity index (χ1n) is 5.81. The second-order valence-corrected chi connectivity index (χ2v) is 6.40. The molecule has 0 aliphatic carbocycles. The maximum absolute atomic E-state index is 8.55. The fourth-order valence-corrected chi connectivity index (χ4v) is 3.69. The first-order chi connectivity index (χ1) is 7.35. The molecule has 0 aliphatic rings. The molecule has 0 amide bonds. The van der Waals surface area contributed by atoms with Crippen LogP contribution in [-0.4, -0.2) is 18.5 Å². The Balaban J connectivity index is 3.61. The van der Waals surface area contributed by atoms with Crippen LogP contribution in [-0.2, 0) is 0 Å². The Bertz CT molecular complexity index is 197. The van der Waals surface area contributed by atoms with Crippen molar-refractivity contribution in [2.45, 2.75) is 45.4 Å². The van der Waals surface area contributed by atoms with Crippen molar-refractivity contribution in [1.29, 1.82) is 10.5 Å². The summed E-state index contributed by atoms with van der Waals surface area (Å²) in [6.07, 6.45) is 9.88. The Hall–Kier alpha value is -0.590. The van der Waals surface area contributed by atoms with E-state index in [1.807, 2.05) is 0 Å². The molecule has 0 fully saturated rings. The zero-order valence-electron chi connectivity index (χ0n) is 9.71. The van der Waals surface area contributed by atoms with Crippen LogP contribution in [0.4, 0.5) is 0 Å². The lowest BCUT2D eigenvalue weighted by Gasteiger charge is -2.14. The highest BCUT2D eigenvalue weighted by Crippen LogP contribution is 2.37. The van der Waals surface area contributed by atoms with Crippen LogP contribution in [0.2, 0.25) is 0 Å². The topological polar surface area (TPSA) is 47.6 Å². The minimum Gasteiger partial charge on any atom is -0.198 e. The first kappa shape index (κ1) is 14.4. The third-order valence-electron chi connectivity index (χ3n) is 2.41. The van der Waals surface area contributed by atoms with Gasteiger partial charge in [0.25, 0.3) is 0 Å². The van der Waals surface area contributed by atoms with Gasteiger partial charge in [-0.2, -0.15) is 10.5 Å². The van der Waals surface area contributed by atoms with E-state index >= 15 is 0 Å². The molecule has 0 radical (unpaired) electrons. The van der Waals surface area contributed by atoms with Crippen LogP contribution >= 0.6 is 7.92 Å². The van der Waals surface area contributed by atoms with Crippen molar-refractivity contribution < 1.29 is 0 Å². The van der Waals surface area contributed by atoms with Crippen molar-refractivity contribution in [1.82, 2.24) is 0 Å². The molecular formula is C12H21N2P. The summed E-state index contributed by atoms with van der Waals surface area (Å²) in [7, 11) is -0.0340. The van der Waals surface area contributed by atoms with Crippen LogP contribution in [0.3, 0.4) is 0 Å². The van der Waals surface area contributed by atoms with Crippen LogP contribution in [0.1, 0.15) is 45.4 Å². The lowest BCUT2D eigenvalue weighted by Crippen LogP contribution is -1.95. The maximum atomic E-state index is 8.55. The lowest BCUT2D eigenvalue weighted by atomic mass is 10.2. The van der Waals surface area contributed by atoms with Gasteiger partial charge in [-0.25, -0.2) is 0 Å². The second-order valence-electron chi connectivity index (χ2n) is 3.72. The largest absolute Gasteiger partial charge is 0.198 e. The van der Waals surface area contributed by atoms with Crippen LogP contribution < -0.4 is 0 Å². The van der Waals surface area contributed by atoms with Gasteiger partial charge in [0.1, 0.15) is 0 Å². The molecule has 15 heavy (non-hydrogen) atoms. The Labute approximate surface area is 95.0 Å². The number of nitriles is 2. The summed E-state index contributed by atoms with van der Waals surface area (Å²) >= 11 is 0. The van der Waals surface area contributed by atoms with E-state index in [4.69, 9.17) is 10.5 Å². The summed E-state index contributed by atoms with van der Waals surface area (Å²) in [6, 6.07) is 4.42. The van der Waals surface area contributed by atoms with Gasteiger partial charge in [0.05, 0.1) is 12.1 Å². The molecule has 0 aromatic carbocycles. The molecular weight excluding hydrogens is 203 g/mol. The SMILES string of the molecule is CCCCCCP(CCC#N)CCC#N. The van der Waals surface area contributed by atoms with Gasteiger partial charge in [-0.15, -0.1) is 7.92 Å². The fourth-order valence-electron chi connectivity index (χ4n) is 1.51. The second kappa shape index (κ2) is 11.5. The summed E-state index contributed by atoms with van der Waals surface area (Å²) in [5.74, 6) is 0. The summed E-state index contributed by atoms with van der Waals surface area (Å²) in [5.41, 5.74) is 0. The van der Waals surface area contributed by atoms with Crippen molar-refractivity contribution in [3.05, 3.63) is 0 Å². The fraction of sp³-hybridized carbons (Fsp3) is 0.833. The summed E-state index contributed by atoms with van der Waals surface area (Å²) in [6.45, 7) is 2.22. The van der Waals surface area contributed by atoms with Crippen molar-refractivity contribution >= 4 is 7.92 Å². The third-order valence-corrected chi connectivity index (χ3v) is 5.07. The van der Waals surface area contributed by atoms with E-state index in [-0.39, 0.29) is 7.92 Å². The molecule has 0 unspecified atom stereocenters. The molecule has 0 N–H and O–H groups in total. The number of hydrogen-bond acceptors (Lipinski definition) is 2. The molecule has 0 aromatic heterocycles. The van der Waals surface area contributed by atoms with Gasteiger partial charge in [0.2, 0.25) is 0 Å². The van der Waals surface area contributed by atoms with Gasteiger partial charge in [0.15, 0.2) is 0 Å². The van der Waals surface area contributed by atoms with E-state index in [2.05, 4.69) is 19.1 Å². The molecule has 0 aromatic rings. The van der Waals surface area contributed by atoms with E-state index in [0.29, 0.717) is 12.8 Å². The highest BCUT2D eigenvalue weighted by molar-refractivity contribution is 7.57. The van der Waals surface area contributed by atoms with Crippen LogP contribution in [0.15, 0.2) is 0 Å². The van der Waals surface area contributed by atoms with Crippen molar-refractivity contribution in [3.8, 4) is 12.1 Å². The molecule has 3 heteroatoms. The Morgan fingerprint density at radius 1 is 0.867 bits per heavy atom. The zero-order chi connectivity index (χ0) is 11.4. The van der Waals surface area contributed by atoms with Crippen LogP contribution in [0.25, 0.3) is 0 Å². The standard InChI is InChI=1S/C12H21N2P/c1-2-3-4-5-10-15(11-6-8-13)12-7-9-14/h2-7,10-12H2,1H3. The van der Waals surface area contributed by atoms with Crippen molar-refractivity contribution in [2.24, 2.45) is 0 Å². The number of hydrogen-bond donors (Lipinski definition) is 0. The normalized spacial score (nSPS) is 9.87. The predicted octanol–water partition coefficient (Wildman–Crippen LogP) is 3.88. The van der Waals surface area contributed by atoms with Crippen molar-refractivity contribution in [3.63, 3.8) is 0 Å². The molecule has 2 nitrogen and oxygen atoms in total. The molecule has 0 saturated heterocycles. The predicted molar refractivity (Wildman–Crippen MR) is 66.1 cm³/mol. The maximum Gasteiger partial charge on any atom is 0.0625 e. The smallest absolute Gasteiger partial charge is 0.0625 e. The van der Waals surface area contributed by atoms with Gasteiger partial charge in [-0.3, -0.25) is 0 Å². The molecule has 0 saturated carbocycles. The molecule has 0 heterocycles. The van der Waals surface area contributed by atoms with E-state index in [1.54, 1.807) is 0 Å². The van der Waals surface area contributed by atoms with Crippen LogP contribution in [0, 0.1) is 22.7 Å². The van der Waals surface area contributed by atoms with Gasteiger partial charge < -0.3 is 0 Å². The van der Waals surface area contributed by atoms with Gasteiger partial charge in [-0.1, -0.05) is 26.2 Å². The highest BCUT2D eigenvalue weighted by Gasteiger charge is 2.06. The van der Waals surface area contributed by atoms with Gasteiger partial charge in [-0.05, 0) is 24.9 Å². The summed E-state index contributed by atoms with van der Waals surface area (Å²) in [4.78, 5) is 0. The minimum atomic E-state index is -0.0340. The summed E-state index contributed by atoms with van der Waals surface area (Å²) in [5, 5.41) is 17.1. The lowest BCUT2D eigenvalue weighted by molar-refractivity contribution is 0.704. The Kier molecular flexibility index (Phi) is 11.0. The zero-order valence-corrected chi connectivity index (χ0v) is 10.6. The van der Waals surface area contributed by atoms with Crippen LogP contribution in [0.5, 0.6) is 0 Å². The highest BCUT2D eigenvalue weighted by atomic mass is 31.1. The molecule has 0 aliphatic heterocycles. The molecule has 84 valence electrons. The van der Waals surface area contributed by atoms with E-state index in [9.17, 15) is 0 Å². The number of unbranched alkanes of at least 4 members (excludes halogenated alkanes) is 3. The van der Waals surface area contributed by atoms with Crippen molar-refractivity contribution in [2.75, 3.05) is 18.5 Å². The molecule has 0 spiro atoms. The van der Waals surface area contributed by atoms with E-state index in [0.717, 1.165) is 12.3 Å². The van der Waals surface area contributed by atoms with Gasteiger partial charge >= 0.3 is 0 Å². The third kappa shape index (κ3) is 9.71. The number of rotatable bonds is 9. The molecule has 0 rings (SSSR count). The van der Waals surface area contributed by atoms with E-state index in [1.165, 1.54) is 31.8 Å². The average molecular weight is 224 g/mol. The summed E-state index contributed by atoms with van der Waals surface area (Å²) < 4.78 is 0. The Morgan fingerprint density at radius 2 is 1.47 bits per heavy atom. The quantitative estimate of drug-likeness (QED) is 0.441. The van der Waals surface area contributed by atoms with E-state index < -0.39 is 0 Å². The minimum absolute atomic E-state index is 0.0340. The molecule has 0 bridgehead atoms. The first-order valence-corrected chi connectivity index (χ1v) is 7.71. The Morgan fingerprint density at radius 3 is 1.93 bits per heavy atom.